The van der Waals surface area contributed by atoms with Gasteiger partial charge in [0.1, 0.15) is 4.67 Å². The van der Waals surface area contributed by atoms with Crippen molar-refractivity contribution in [2.24, 2.45) is 21.7 Å². The predicted octanol–water partition coefficient (Wildman–Crippen LogP) is 3.63. The molecule has 0 radical (unpaired) electrons. The summed E-state index contributed by atoms with van der Waals surface area (Å²) in [4.78, 5) is 30.7. The Morgan fingerprint density at radius 2 is 2.00 bits per heavy atom. The van der Waals surface area contributed by atoms with Crippen molar-refractivity contribution in [3.63, 3.8) is 0 Å². The topological polar surface area (TPSA) is 83.7 Å². The fraction of sp³-hybridized carbons (Fsp3) is 0.783. The van der Waals surface area contributed by atoms with Crippen molar-refractivity contribution in [3.05, 3.63) is 16.4 Å². The second-order valence-electron chi connectivity index (χ2n) is 10.2. The first-order valence-corrected chi connectivity index (χ1v) is 11.9. The van der Waals surface area contributed by atoms with Gasteiger partial charge in [-0.2, -0.15) is 0 Å². The molecule has 2 rings (SSSR count). The Kier molecular flexibility index (Phi) is 7.73. The number of aryl methyl sites for hydroxylation is 1. The van der Waals surface area contributed by atoms with Gasteiger partial charge in [0, 0.05) is 29.8 Å². The van der Waals surface area contributed by atoms with Gasteiger partial charge in [-0.3, -0.25) is 13.5 Å². The Labute approximate surface area is 184 Å². The van der Waals surface area contributed by atoms with E-state index in [4.69, 9.17) is 5.11 Å². The maximum Gasteiger partial charge on any atom is 0.253 e. The summed E-state index contributed by atoms with van der Waals surface area (Å²) >= 11 is 1.54. The van der Waals surface area contributed by atoms with Crippen molar-refractivity contribution in [3.8, 4) is 0 Å². The Morgan fingerprint density at radius 3 is 2.57 bits per heavy atom. The zero-order valence-corrected chi connectivity index (χ0v) is 20.5. The summed E-state index contributed by atoms with van der Waals surface area (Å²) in [6, 6.07) is 0. The van der Waals surface area contributed by atoms with E-state index in [0.29, 0.717) is 12.8 Å². The first-order valence-electron chi connectivity index (χ1n) is 11.1. The van der Waals surface area contributed by atoms with Gasteiger partial charge in [0.05, 0.1) is 12.0 Å². The van der Waals surface area contributed by atoms with Crippen molar-refractivity contribution in [2.45, 2.75) is 86.1 Å². The lowest BCUT2D eigenvalue weighted by molar-refractivity contribution is -0.136. The lowest BCUT2D eigenvalue weighted by Crippen LogP contribution is -2.45. The van der Waals surface area contributed by atoms with Crippen LogP contribution in [0.15, 0.2) is 11.2 Å². The summed E-state index contributed by atoms with van der Waals surface area (Å²) in [6.45, 7) is 14.7. The Hall–Kier alpha value is -1.47. The third-order valence-electron chi connectivity index (χ3n) is 6.82. The molecule has 0 aliphatic heterocycles. The van der Waals surface area contributed by atoms with Gasteiger partial charge in [-0.25, -0.2) is 4.99 Å². The highest BCUT2D eigenvalue weighted by Crippen LogP contribution is 2.56. The fourth-order valence-corrected chi connectivity index (χ4v) is 5.23. The van der Waals surface area contributed by atoms with Crippen LogP contribution in [0, 0.1) is 16.7 Å². The van der Waals surface area contributed by atoms with E-state index in [2.05, 4.69) is 48.2 Å². The van der Waals surface area contributed by atoms with Crippen LogP contribution in [0.2, 0.25) is 0 Å². The van der Waals surface area contributed by atoms with Gasteiger partial charge in [-0.1, -0.05) is 34.1 Å². The predicted molar refractivity (Wildman–Crippen MR) is 121 cm³/mol. The third kappa shape index (κ3) is 4.88. The molecule has 6 nitrogen and oxygen atoms in total. The molecule has 1 fully saturated rings. The van der Waals surface area contributed by atoms with Crippen LogP contribution in [0.5, 0.6) is 0 Å². The van der Waals surface area contributed by atoms with Crippen LogP contribution in [-0.4, -0.2) is 34.0 Å². The summed E-state index contributed by atoms with van der Waals surface area (Å²) in [5.74, 6) is -0.489. The van der Waals surface area contributed by atoms with E-state index < -0.39 is 10.8 Å². The molecule has 1 saturated carbocycles. The van der Waals surface area contributed by atoms with E-state index in [1.165, 1.54) is 0 Å². The Morgan fingerprint density at radius 1 is 1.33 bits per heavy atom. The SMILES string of the molecule is CCCCc1cn(C(C)(C)C)sc1=NC(=O)C1(C)CCC(C(=O)NCCO)C1(C)C. The number of aliphatic hydroxyl groups is 1. The number of carbonyl (C=O) groups excluding carboxylic acids is 2. The van der Waals surface area contributed by atoms with Crippen molar-refractivity contribution < 1.29 is 14.7 Å². The maximum atomic E-state index is 13.5. The summed E-state index contributed by atoms with van der Waals surface area (Å²) < 4.78 is 2.98. The number of rotatable bonds is 7. The van der Waals surface area contributed by atoms with Gasteiger partial charge in [0.25, 0.3) is 5.91 Å². The first-order chi connectivity index (χ1) is 13.9. The number of hydrogen-bond acceptors (Lipinski definition) is 4. The number of aliphatic hydroxyl groups excluding tert-OH is 1. The molecule has 0 aromatic carbocycles. The van der Waals surface area contributed by atoms with Crippen LogP contribution in [0.3, 0.4) is 0 Å². The van der Waals surface area contributed by atoms with E-state index >= 15 is 0 Å². The normalized spacial score (nSPS) is 24.3. The molecule has 2 atom stereocenters. The average molecular weight is 438 g/mol. The lowest BCUT2D eigenvalue weighted by atomic mass is 9.65. The second kappa shape index (κ2) is 9.35. The molecule has 2 amide bonds. The minimum absolute atomic E-state index is 0.0606. The van der Waals surface area contributed by atoms with Gasteiger partial charge < -0.3 is 10.4 Å². The van der Waals surface area contributed by atoms with Crippen molar-refractivity contribution in [1.82, 2.24) is 9.27 Å². The van der Waals surface area contributed by atoms with Gasteiger partial charge in [-0.15, -0.1) is 0 Å². The molecule has 2 unspecified atom stereocenters. The summed E-state index contributed by atoms with van der Waals surface area (Å²) in [5.41, 5.74) is -0.155. The number of carbonyl (C=O) groups is 2. The zero-order chi connectivity index (χ0) is 22.7. The minimum Gasteiger partial charge on any atom is -0.395 e. The standard InChI is InChI=1S/C23H39N3O3S/c1-8-9-10-16-15-26(21(2,3)4)30-19(16)25-20(29)23(7)12-11-17(22(23,5)6)18(28)24-13-14-27/h15,17,27H,8-14H2,1-7H3,(H,24,28). The number of hydrogen-bond donors (Lipinski definition) is 2. The molecule has 30 heavy (non-hydrogen) atoms. The van der Waals surface area contributed by atoms with E-state index in [1.807, 2.05) is 20.8 Å². The highest BCUT2D eigenvalue weighted by Gasteiger charge is 2.58. The molecule has 1 aliphatic rings. The van der Waals surface area contributed by atoms with Gasteiger partial charge >= 0.3 is 0 Å². The smallest absolute Gasteiger partial charge is 0.253 e. The van der Waals surface area contributed by atoms with Crippen LogP contribution >= 0.6 is 11.5 Å². The molecular formula is C23H39N3O3S. The molecular weight excluding hydrogens is 398 g/mol. The number of nitrogens with one attached hydrogen (secondary N) is 1. The molecule has 170 valence electrons. The summed E-state index contributed by atoms with van der Waals surface area (Å²) in [5, 5.41) is 11.8. The molecule has 1 aliphatic carbocycles. The Bertz CT molecular complexity index is 831. The monoisotopic (exact) mass is 437 g/mol. The number of aromatic nitrogens is 1. The van der Waals surface area contributed by atoms with Crippen molar-refractivity contribution in [1.29, 1.82) is 0 Å². The van der Waals surface area contributed by atoms with Crippen LogP contribution in [-0.2, 0) is 21.5 Å². The highest BCUT2D eigenvalue weighted by atomic mass is 32.1. The van der Waals surface area contributed by atoms with Gasteiger partial charge in [0.15, 0.2) is 0 Å². The van der Waals surface area contributed by atoms with Crippen LogP contribution < -0.4 is 9.99 Å². The summed E-state index contributed by atoms with van der Waals surface area (Å²) in [6.07, 6.45) is 6.49. The van der Waals surface area contributed by atoms with E-state index in [-0.39, 0.29) is 36.4 Å². The van der Waals surface area contributed by atoms with E-state index in [0.717, 1.165) is 29.5 Å². The molecule has 1 heterocycles. The average Bonchev–Trinajstić information content (AvgIpc) is 3.17. The van der Waals surface area contributed by atoms with Crippen LogP contribution in [0.1, 0.15) is 79.7 Å². The van der Waals surface area contributed by atoms with E-state index in [1.54, 1.807) is 11.5 Å². The van der Waals surface area contributed by atoms with Crippen molar-refractivity contribution in [2.75, 3.05) is 13.2 Å². The lowest BCUT2D eigenvalue weighted by Gasteiger charge is -2.38. The maximum absolute atomic E-state index is 13.5. The van der Waals surface area contributed by atoms with Crippen LogP contribution in [0.25, 0.3) is 0 Å². The van der Waals surface area contributed by atoms with E-state index in [9.17, 15) is 9.59 Å². The molecule has 0 spiro atoms. The molecule has 2 N–H and O–H groups in total. The number of amides is 2. The zero-order valence-electron chi connectivity index (χ0n) is 19.7. The quantitative estimate of drug-likeness (QED) is 0.683. The minimum atomic E-state index is -0.702. The van der Waals surface area contributed by atoms with Gasteiger partial charge in [0.2, 0.25) is 5.91 Å². The largest absolute Gasteiger partial charge is 0.395 e. The molecule has 0 saturated heterocycles. The third-order valence-corrected chi connectivity index (χ3v) is 8.20. The van der Waals surface area contributed by atoms with Gasteiger partial charge in [-0.05, 0) is 63.4 Å². The van der Waals surface area contributed by atoms with Crippen LogP contribution in [0.4, 0.5) is 0 Å². The molecule has 7 heteroatoms. The fourth-order valence-electron chi connectivity index (χ4n) is 4.20. The highest BCUT2D eigenvalue weighted by molar-refractivity contribution is 7.04. The first kappa shape index (κ1) is 24.8. The second-order valence-corrected chi connectivity index (χ2v) is 11.2. The summed E-state index contributed by atoms with van der Waals surface area (Å²) in [7, 11) is 0. The molecule has 1 aromatic heterocycles. The Balaban J connectivity index is 2.39. The molecule has 0 bridgehead atoms. The molecule has 1 aromatic rings. The van der Waals surface area contributed by atoms with Crippen molar-refractivity contribution >= 4 is 23.3 Å². The number of nitrogens with zero attached hydrogens (tertiary/aromatic N) is 2. The number of unbranched alkanes of at least 4 members (excludes halogenated alkanes) is 1.